The summed E-state index contributed by atoms with van der Waals surface area (Å²) in [6.45, 7) is 0.898. The van der Waals surface area contributed by atoms with E-state index in [0.717, 1.165) is 5.56 Å². The van der Waals surface area contributed by atoms with Crippen LogP contribution in [0.15, 0.2) is 60.8 Å². The molecule has 1 unspecified atom stereocenters. The number of hydrogen-bond donors (Lipinski definition) is 1. The summed E-state index contributed by atoms with van der Waals surface area (Å²) in [5, 5.41) is 5.94. The Morgan fingerprint density at radius 1 is 1.16 bits per heavy atom. The van der Waals surface area contributed by atoms with Gasteiger partial charge < -0.3 is 19.6 Å². The molecule has 0 radical (unpaired) electrons. The summed E-state index contributed by atoms with van der Waals surface area (Å²) in [7, 11) is 1.70. The molecule has 192 valence electrons. The summed E-state index contributed by atoms with van der Waals surface area (Å²) in [5.74, 6) is -0.453. The molecule has 0 saturated carbocycles. The third kappa shape index (κ3) is 4.51. The number of pyridine rings is 1. The van der Waals surface area contributed by atoms with Gasteiger partial charge in [0, 0.05) is 26.2 Å². The van der Waals surface area contributed by atoms with Crippen molar-refractivity contribution < 1.29 is 37.1 Å². The van der Waals surface area contributed by atoms with Gasteiger partial charge in [-0.25, -0.2) is 0 Å². The lowest BCUT2D eigenvalue weighted by Crippen LogP contribution is -2.50. The molecule has 0 saturated heterocycles. The van der Waals surface area contributed by atoms with Crippen molar-refractivity contribution in [3.05, 3.63) is 83.2 Å². The Kier molecular flexibility index (Phi) is 6.12. The van der Waals surface area contributed by atoms with Crippen molar-refractivity contribution in [2.24, 2.45) is 0 Å². The molecule has 0 bridgehead atoms. The number of ether oxygens (including phenoxy) is 2. The number of carbonyl (C=O) groups excluding carboxylic acids is 2. The summed E-state index contributed by atoms with van der Waals surface area (Å²) in [4.78, 5) is 34.5. The Hall–Kier alpha value is -4.32. The van der Waals surface area contributed by atoms with Gasteiger partial charge >= 0.3 is 12.8 Å². The van der Waals surface area contributed by atoms with Gasteiger partial charge in [0.15, 0.2) is 0 Å². The van der Waals surface area contributed by atoms with Gasteiger partial charge in [-0.05, 0) is 41.5 Å². The molecule has 0 fully saturated rings. The maximum Gasteiger partial charge on any atom is 0.573 e. The first-order valence-corrected chi connectivity index (χ1v) is 11.2. The lowest BCUT2D eigenvalue weighted by molar-refractivity contribution is -0.274. The molecule has 37 heavy (non-hydrogen) atoms. The van der Waals surface area contributed by atoms with E-state index >= 15 is 0 Å². The predicted molar refractivity (Wildman–Crippen MR) is 123 cm³/mol. The first kappa shape index (κ1) is 24.4. The van der Waals surface area contributed by atoms with Crippen molar-refractivity contribution in [3.63, 3.8) is 0 Å². The number of nitrogens with one attached hydrogen (secondary N) is 1. The van der Waals surface area contributed by atoms with Gasteiger partial charge in [-0.15, -0.1) is 18.3 Å². The predicted octanol–water partition coefficient (Wildman–Crippen LogP) is 3.69. The van der Waals surface area contributed by atoms with Crippen LogP contribution >= 0.6 is 0 Å². The third-order valence-electron chi connectivity index (χ3n) is 6.22. The zero-order valence-corrected chi connectivity index (χ0v) is 19.5. The summed E-state index contributed by atoms with van der Waals surface area (Å²) in [5.41, 5.74) is 1.09. The number of alkyl halides is 3. The number of benzene rings is 2. The average molecular weight is 514 g/mol. The molecule has 1 atom stereocenters. The van der Waals surface area contributed by atoms with Gasteiger partial charge in [-0.1, -0.05) is 24.3 Å². The minimum absolute atomic E-state index is 0.218. The molecular formula is C25H21F3N4O5. The third-order valence-corrected chi connectivity index (χ3v) is 6.22. The monoisotopic (exact) mass is 514 g/mol. The number of aromatic nitrogens is 1. The molecule has 1 amide bonds. The fourth-order valence-electron chi connectivity index (χ4n) is 4.72. The molecule has 2 aliphatic heterocycles. The number of nitrogens with zero attached hydrogens (tertiary/aromatic N) is 3. The largest absolute Gasteiger partial charge is 0.573 e. The summed E-state index contributed by atoms with van der Waals surface area (Å²) < 4.78 is 47.9. The van der Waals surface area contributed by atoms with Crippen LogP contribution in [0.3, 0.4) is 0 Å². The first-order chi connectivity index (χ1) is 17.7. The van der Waals surface area contributed by atoms with Crippen molar-refractivity contribution in [1.29, 1.82) is 0 Å². The minimum atomic E-state index is -4.84. The lowest BCUT2D eigenvalue weighted by Gasteiger charge is -2.39. The van der Waals surface area contributed by atoms with Crippen LogP contribution in [0.5, 0.6) is 11.5 Å². The smallest absolute Gasteiger partial charge is 0.491 e. The normalized spacial score (nSPS) is 18.9. The number of carbonyl (C=O) groups is 2. The Labute approximate surface area is 209 Å². The Balaban J connectivity index is 1.58. The van der Waals surface area contributed by atoms with Crippen molar-refractivity contribution in [3.8, 4) is 11.5 Å². The van der Waals surface area contributed by atoms with E-state index in [-0.39, 0.29) is 25.1 Å². The second-order valence-electron chi connectivity index (χ2n) is 8.48. The lowest BCUT2D eigenvalue weighted by atomic mass is 9.81. The molecule has 2 aromatic carbocycles. The molecule has 1 aromatic heterocycles. The molecule has 3 heterocycles. The summed E-state index contributed by atoms with van der Waals surface area (Å²) in [6.07, 6.45) is -3.04. The quantitative estimate of drug-likeness (QED) is 0.498. The van der Waals surface area contributed by atoms with E-state index in [1.54, 1.807) is 42.5 Å². The zero-order chi connectivity index (χ0) is 26.2. The highest BCUT2D eigenvalue weighted by Gasteiger charge is 2.44. The van der Waals surface area contributed by atoms with Crippen LogP contribution in [0.25, 0.3) is 0 Å². The van der Waals surface area contributed by atoms with Crippen molar-refractivity contribution in [1.82, 2.24) is 15.3 Å². The molecule has 3 aromatic rings. The number of hydrogen-bond acceptors (Lipinski definition) is 8. The van der Waals surface area contributed by atoms with Crippen molar-refractivity contribution in [2.75, 3.05) is 18.8 Å². The van der Waals surface area contributed by atoms with Gasteiger partial charge in [-0.3, -0.25) is 14.6 Å². The van der Waals surface area contributed by atoms with Crippen LogP contribution in [-0.2, 0) is 21.7 Å². The second kappa shape index (κ2) is 9.28. The number of hydrazine groups is 1. The summed E-state index contributed by atoms with van der Waals surface area (Å²) in [6, 6.07) is 13.8. The Morgan fingerprint density at radius 2 is 1.95 bits per heavy atom. The van der Waals surface area contributed by atoms with Gasteiger partial charge in [0.1, 0.15) is 28.4 Å². The Bertz CT molecular complexity index is 1330. The first-order valence-electron chi connectivity index (χ1n) is 11.2. The molecule has 5 rings (SSSR count). The standard InChI is InChI=1S/C25H21F3N4O5/c1-31-14-16-4-2-5-19(21(16)32(31)36-15-33)23(34)30-24(11-13-35-20-6-3-12-29-22(20)24)17-7-9-18(10-8-17)37-25(26,27)28/h2-10,12,15H,11,13-14H2,1H3,(H,30,34). The fraction of sp³-hybridized carbons (Fsp3) is 0.240. The molecule has 0 spiro atoms. The van der Waals surface area contributed by atoms with Gasteiger partial charge in [0.05, 0.1) is 12.2 Å². The summed E-state index contributed by atoms with van der Waals surface area (Å²) >= 11 is 0. The van der Waals surface area contributed by atoms with Crippen LogP contribution < -0.4 is 20.0 Å². The van der Waals surface area contributed by atoms with E-state index < -0.39 is 23.6 Å². The van der Waals surface area contributed by atoms with E-state index in [1.807, 2.05) is 6.07 Å². The fourth-order valence-corrected chi connectivity index (χ4v) is 4.72. The maximum absolute atomic E-state index is 13.8. The van der Waals surface area contributed by atoms with Gasteiger partial charge in [-0.2, -0.15) is 5.01 Å². The molecule has 1 N–H and O–H groups in total. The van der Waals surface area contributed by atoms with E-state index in [9.17, 15) is 22.8 Å². The van der Waals surface area contributed by atoms with Crippen LogP contribution in [-0.4, -0.2) is 42.4 Å². The Morgan fingerprint density at radius 3 is 2.68 bits per heavy atom. The van der Waals surface area contributed by atoms with E-state index in [1.165, 1.54) is 29.4 Å². The van der Waals surface area contributed by atoms with E-state index in [2.05, 4.69) is 15.0 Å². The second-order valence-corrected chi connectivity index (χ2v) is 8.48. The molecule has 12 heteroatoms. The molecule has 2 aliphatic rings. The number of amides is 1. The van der Waals surface area contributed by atoms with Crippen LogP contribution in [0.2, 0.25) is 0 Å². The highest BCUT2D eigenvalue weighted by molar-refractivity contribution is 6.01. The SMILES string of the molecule is CN1Cc2cccc(C(=O)NC3(c4ccc(OC(F)(F)F)cc4)CCOc4cccnc43)c2N1OC=O. The van der Waals surface area contributed by atoms with Crippen LogP contribution in [0.4, 0.5) is 18.9 Å². The minimum Gasteiger partial charge on any atom is -0.491 e. The van der Waals surface area contributed by atoms with Crippen molar-refractivity contribution in [2.45, 2.75) is 24.9 Å². The van der Waals surface area contributed by atoms with Crippen LogP contribution in [0, 0.1) is 0 Å². The topological polar surface area (TPSA) is 93.2 Å². The molecule has 9 nitrogen and oxygen atoms in total. The number of halogens is 3. The van der Waals surface area contributed by atoms with E-state index in [0.29, 0.717) is 29.2 Å². The molecule has 0 aliphatic carbocycles. The maximum atomic E-state index is 13.8. The number of fused-ring (bicyclic) bond motifs is 2. The number of anilines is 1. The highest BCUT2D eigenvalue weighted by atomic mass is 19.4. The number of rotatable bonds is 6. The average Bonchev–Trinajstić information content (AvgIpc) is 3.19. The zero-order valence-electron chi connectivity index (χ0n) is 19.5. The van der Waals surface area contributed by atoms with Gasteiger partial charge in [0.25, 0.3) is 5.91 Å². The van der Waals surface area contributed by atoms with Gasteiger partial charge in [0.2, 0.25) is 0 Å². The molecular weight excluding hydrogens is 493 g/mol. The van der Waals surface area contributed by atoms with Crippen molar-refractivity contribution >= 4 is 18.1 Å². The van der Waals surface area contributed by atoms with Crippen LogP contribution in [0.1, 0.15) is 33.6 Å². The number of para-hydroxylation sites is 1. The highest BCUT2D eigenvalue weighted by Crippen LogP contribution is 2.42. The van der Waals surface area contributed by atoms with E-state index in [4.69, 9.17) is 9.57 Å².